The van der Waals surface area contributed by atoms with Crippen molar-refractivity contribution in [3.05, 3.63) is 23.9 Å². The van der Waals surface area contributed by atoms with E-state index in [4.69, 9.17) is 0 Å². The molecule has 2 unspecified atom stereocenters. The van der Waals surface area contributed by atoms with Crippen LogP contribution in [0.15, 0.2) is 23.3 Å². The number of urea groups is 1. The van der Waals surface area contributed by atoms with Gasteiger partial charge in [0.15, 0.2) is 6.17 Å². The van der Waals surface area contributed by atoms with Crippen molar-refractivity contribution in [3.8, 4) is 0 Å². The Labute approximate surface area is 147 Å². The van der Waals surface area contributed by atoms with Crippen molar-refractivity contribution in [1.82, 2.24) is 20.1 Å². The highest BCUT2D eigenvalue weighted by molar-refractivity contribution is 6.08. The summed E-state index contributed by atoms with van der Waals surface area (Å²) in [5, 5.41) is 6.16. The molecule has 0 aliphatic carbocycles. The SMILES string of the molecule is CCCN1C(=O)C2NC(c3ccc(NC)nc3)=NC2N(CCC)C1=O. The van der Waals surface area contributed by atoms with Gasteiger partial charge < -0.3 is 10.6 Å². The van der Waals surface area contributed by atoms with E-state index in [1.165, 1.54) is 4.90 Å². The molecule has 1 aromatic rings. The maximum atomic E-state index is 12.8. The molecule has 1 fully saturated rings. The summed E-state index contributed by atoms with van der Waals surface area (Å²) in [6, 6.07) is 2.96. The molecule has 0 bridgehead atoms. The number of pyridine rings is 1. The fourth-order valence-corrected chi connectivity index (χ4v) is 3.17. The molecule has 1 aromatic heterocycles. The second-order valence-corrected chi connectivity index (χ2v) is 6.16. The molecule has 2 aliphatic rings. The molecule has 2 N–H and O–H groups in total. The molecular weight excluding hydrogens is 320 g/mol. The highest BCUT2D eigenvalue weighted by Crippen LogP contribution is 2.25. The van der Waals surface area contributed by atoms with Crippen LogP contribution in [0.25, 0.3) is 0 Å². The fraction of sp³-hybridized carbons (Fsp3) is 0.529. The van der Waals surface area contributed by atoms with E-state index in [0.29, 0.717) is 18.9 Å². The Morgan fingerprint density at radius 2 is 1.96 bits per heavy atom. The minimum absolute atomic E-state index is 0.206. The molecule has 0 aromatic carbocycles. The van der Waals surface area contributed by atoms with Gasteiger partial charge in [0.2, 0.25) is 0 Å². The minimum Gasteiger partial charge on any atom is -0.373 e. The number of rotatable bonds is 6. The molecule has 2 aliphatic heterocycles. The van der Waals surface area contributed by atoms with Crippen molar-refractivity contribution in [2.45, 2.75) is 38.9 Å². The first-order valence-corrected chi connectivity index (χ1v) is 8.71. The maximum Gasteiger partial charge on any atom is 0.328 e. The molecule has 1 saturated heterocycles. The number of hydrogen-bond acceptors (Lipinski definition) is 6. The predicted octanol–water partition coefficient (Wildman–Crippen LogP) is 1.25. The summed E-state index contributed by atoms with van der Waals surface area (Å²) in [6.45, 7) is 4.96. The molecule has 0 saturated carbocycles. The van der Waals surface area contributed by atoms with Gasteiger partial charge in [-0.1, -0.05) is 13.8 Å². The Balaban J connectivity index is 1.90. The van der Waals surface area contributed by atoms with Crippen LogP contribution in [0, 0.1) is 0 Å². The van der Waals surface area contributed by atoms with Gasteiger partial charge in [-0.3, -0.25) is 14.6 Å². The largest absolute Gasteiger partial charge is 0.373 e. The molecular formula is C17H24N6O2. The Morgan fingerprint density at radius 3 is 2.56 bits per heavy atom. The number of nitrogens with one attached hydrogen (secondary N) is 2. The summed E-state index contributed by atoms with van der Waals surface area (Å²) in [4.78, 5) is 37.4. The molecule has 3 rings (SSSR count). The monoisotopic (exact) mass is 344 g/mol. The Hall–Kier alpha value is -2.64. The first-order valence-electron chi connectivity index (χ1n) is 8.71. The smallest absolute Gasteiger partial charge is 0.328 e. The van der Waals surface area contributed by atoms with E-state index in [-0.39, 0.29) is 11.9 Å². The molecule has 0 radical (unpaired) electrons. The normalized spacial score (nSPS) is 22.6. The van der Waals surface area contributed by atoms with Gasteiger partial charge in [0.25, 0.3) is 5.91 Å². The molecule has 3 amide bonds. The van der Waals surface area contributed by atoms with Gasteiger partial charge in [0.1, 0.15) is 17.7 Å². The number of carbonyl (C=O) groups excluding carboxylic acids is 2. The third-order valence-corrected chi connectivity index (χ3v) is 4.38. The van der Waals surface area contributed by atoms with Crippen LogP contribution in [-0.2, 0) is 4.79 Å². The highest BCUT2D eigenvalue weighted by Gasteiger charge is 2.49. The summed E-state index contributed by atoms with van der Waals surface area (Å²) in [6.07, 6.45) is 2.76. The van der Waals surface area contributed by atoms with Gasteiger partial charge in [-0.25, -0.2) is 14.8 Å². The number of amidine groups is 1. The third kappa shape index (κ3) is 3.04. The number of carbonyl (C=O) groups is 2. The van der Waals surface area contributed by atoms with Crippen LogP contribution in [0.4, 0.5) is 10.6 Å². The van der Waals surface area contributed by atoms with E-state index in [1.807, 2.05) is 26.0 Å². The van der Waals surface area contributed by atoms with Crippen molar-refractivity contribution in [2.75, 3.05) is 25.5 Å². The van der Waals surface area contributed by atoms with Gasteiger partial charge in [-0.15, -0.1) is 0 Å². The van der Waals surface area contributed by atoms with Gasteiger partial charge in [-0.2, -0.15) is 0 Å². The minimum atomic E-state index is -0.533. The highest BCUT2D eigenvalue weighted by atomic mass is 16.2. The lowest BCUT2D eigenvalue weighted by Gasteiger charge is -2.40. The summed E-state index contributed by atoms with van der Waals surface area (Å²) >= 11 is 0. The standard InChI is InChI=1S/C17H24N6O2/c1-4-8-22-15-13(16(24)23(9-5-2)17(22)25)20-14(21-15)11-6-7-12(18-3)19-10-11/h6-7,10,13,15H,4-5,8-9H2,1-3H3,(H,18,19)(H,20,21). The van der Waals surface area contributed by atoms with Crippen LogP contribution in [0.1, 0.15) is 32.3 Å². The lowest BCUT2D eigenvalue weighted by atomic mass is 10.1. The number of amides is 3. The third-order valence-electron chi connectivity index (χ3n) is 4.38. The Bertz CT molecular complexity index is 687. The number of anilines is 1. The van der Waals surface area contributed by atoms with E-state index < -0.39 is 12.2 Å². The van der Waals surface area contributed by atoms with Crippen molar-refractivity contribution in [2.24, 2.45) is 4.99 Å². The number of aromatic nitrogens is 1. The van der Waals surface area contributed by atoms with Gasteiger partial charge in [0, 0.05) is 31.9 Å². The number of fused-ring (bicyclic) bond motifs is 1. The van der Waals surface area contributed by atoms with Gasteiger partial charge in [-0.05, 0) is 25.0 Å². The first kappa shape index (κ1) is 17.2. The summed E-state index contributed by atoms with van der Waals surface area (Å²) in [7, 11) is 1.80. The maximum absolute atomic E-state index is 12.8. The van der Waals surface area contributed by atoms with E-state index in [0.717, 1.165) is 24.2 Å². The molecule has 0 spiro atoms. The van der Waals surface area contributed by atoms with E-state index in [9.17, 15) is 9.59 Å². The van der Waals surface area contributed by atoms with Crippen molar-refractivity contribution in [3.63, 3.8) is 0 Å². The van der Waals surface area contributed by atoms with Gasteiger partial charge in [0.05, 0.1) is 0 Å². The lowest BCUT2D eigenvalue weighted by molar-refractivity contribution is -0.134. The molecule has 3 heterocycles. The Morgan fingerprint density at radius 1 is 1.20 bits per heavy atom. The zero-order chi connectivity index (χ0) is 18.0. The molecule has 25 heavy (non-hydrogen) atoms. The second-order valence-electron chi connectivity index (χ2n) is 6.16. The van der Waals surface area contributed by atoms with Crippen LogP contribution in [0.2, 0.25) is 0 Å². The number of aliphatic imine (C=N–C) groups is 1. The number of hydrogen-bond donors (Lipinski definition) is 2. The van der Waals surface area contributed by atoms with Crippen LogP contribution in [0.3, 0.4) is 0 Å². The zero-order valence-corrected chi connectivity index (χ0v) is 14.8. The van der Waals surface area contributed by atoms with Crippen LogP contribution < -0.4 is 10.6 Å². The lowest BCUT2D eigenvalue weighted by Crippen LogP contribution is -2.65. The van der Waals surface area contributed by atoms with E-state index >= 15 is 0 Å². The van der Waals surface area contributed by atoms with E-state index in [1.54, 1.807) is 18.1 Å². The average molecular weight is 344 g/mol. The zero-order valence-electron chi connectivity index (χ0n) is 14.8. The quantitative estimate of drug-likeness (QED) is 0.811. The topological polar surface area (TPSA) is 89.9 Å². The molecule has 2 atom stereocenters. The fourth-order valence-electron chi connectivity index (χ4n) is 3.17. The number of nitrogens with zero attached hydrogens (tertiary/aromatic N) is 4. The Kier molecular flexibility index (Phi) is 4.87. The first-order chi connectivity index (χ1) is 12.1. The molecule has 8 nitrogen and oxygen atoms in total. The predicted molar refractivity (Wildman–Crippen MR) is 95.4 cm³/mol. The van der Waals surface area contributed by atoms with Crippen LogP contribution in [-0.4, -0.2) is 64.9 Å². The van der Waals surface area contributed by atoms with Gasteiger partial charge >= 0.3 is 6.03 Å². The summed E-state index contributed by atoms with van der Waals surface area (Å²) in [5.41, 5.74) is 0.798. The molecule has 8 heteroatoms. The average Bonchev–Trinajstić information content (AvgIpc) is 3.08. The summed E-state index contributed by atoms with van der Waals surface area (Å²) < 4.78 is 0. The van der Waals surface area contributed by atoms with Crippen LogP contribution in [0.5, 0.6) is 0 Å². The summed E-state index contributed by atoms with van der Waals surface area (Å²) in [5.74, 6) is 1.15. The number of imide groups is 1. The van der Waals surface area contributed by atoms with Crippen LogP contribution >= 0.6 is 0 Å². The van der Waals surface area contributed by atoms with Crippen molar-refractivity contribution < 1.29 is 9.59 Å². The molecule has 134 valence electrons. The van der Waals surface area contributed by atoms with Crippen molar-refractivity contribution >= 4 is 23.6 Å². The van der Waals surface area contributed by atoms with Crippen molar-refractivity contribution in [1.29, 1.82) is 0 Å². The van der Waals surface area contributed by atoms with E-state index in [2.05, 4.69) is 20.6 Å². The second kappa shape index (κ2) is 7.08.